The standard InChI is InChI=1S/C13H13ClN2OS/c1-2-9-18(17)11-5-3-10(4-6-11)12-7-8-13(14)16-15-12/h3-8H,2,9H2,1H3. The minimum atomic E-state index is -0.909. The highest BCUT2D eigenvalue weighted by atomic mass is 35.5. The van der Waals surface area contributed by atoms with Crippen LogP contribution in [0.1, 0.15) is 13.3 Å². The first kappa shape index (κ1) is 13.2. The normalized spacial score (nSPS) is 12.3. The highest BCUT2D eigenvalue weighted by molar-refractivity contribution is 7.85. The lowest BCUT2D eigenvalue weighted by Gasteiger charge is -2.03. The second-order valence-corrected chi connectivity index (χ2v) is 5.77. The molecule has 0 bridgehead atoms. The molecular weight excluding hydrogens is 268 g/mol. The van der Waals surface area contributed by atoms with E-state index in [-0.39, 0.29) is 0 Å². The Morgan fingerprint density at radius 2 is 1.83 bits per heavy atom. The van der Waals surface area contributed by atoms with Crippen LogP contribution in [0.15, 0.2) is 41.3 Å². The Kier molecular flexibility index (Phi) is 4.44. The molecule has 1 heterocycles. The predicted octanol–water partition coefficient (Wildman–Crippen LogP) is 3.31. The first-order valence-corrected chi connectivity index (χ1v) is 7.38. The summed E-state index contributed by atoms with van der Waals surface area (Å²) in [5.74, 6) is 0.695. The third-order valence-electron chi connectivity index (χ3n) is 2.43. The average Bonchev–Trinajstić information content (AvgIpc) is 2.40. The Bertz CT molecular complexity index is 540. The number of hydrogen-bond donors (Lipinski definition) is 0. The zero-order chi connectivity index (χ0) is 13.0. The fraction of sp³-hybridized carbons (Fsp3) is 0.231. The lowest BCUT2D eigenvalue weighted by atomic mass is 10.1. The van der Waals surface area contributed by atoms with E-state index in [0.29, 0.717) is 10.9 Å². The molecule has 0 saturated carbocycles. The first-order valence-electron chi connectivity index (χ1n) is 5.68. The molecule has 94 valence electrons. The van der Waals surface area contributed by atoms with Gasteiger partial charge in [-0.2, -0.15) is 0 Å². The van der Waals surface area contributed by atoms with Crippen molar-refractivity contribution in [2.24, 2.45) is 0 Å². The van der Waals surface area contributed by atoms with Gasteiger partial charge in [-0.3, -0.25) is 4.21 Å². The van der Waals surface area contributed by atoms with E-state index < -0.39 is 10.8 Å². The number of nitrogens with zero attached hydrogens (tertiary/aromatic N) is 2. The van der Waals surface area contributed by atoms with Gasteiger partial charge in [-0.15, -0.1) is 10.2 Å². The van der Waals surface area contributed by atoms with Crippen molar-refractivity contribution in [3.63, 3.8) is 0 Å². The van der Waals surface area contributed by atoms with E-state index in [1.165, 1.54) is 0 Å². The minimum Gasteiger partial charge on any atom is -0.254 e. The molecule has 1 aromatic heterocycles. The summed E-state index contributed by atoms with van der Waals surface area (Å²) in [7, 11) is -0.909. The number of hydrogen-bond acceptors (Lipinski definition) is 3. The molecule has 0 fully saturated rings. The second kappa shape index (κ2) is 6.07. The molecule has 1 atom stereocenters. The Morgan fingerprint density at radius 1 is 1.11 bits per heavy atom. The van der Waals surface area contributed by atoms with Gasteiger partial charge in [-0.25, -0.2) is 0 Å². The van der Waals surface area contributed by atoms with Crippen LogP contribution in [0.5, 0.6) is 0 Å². The van der Waals surface area contributed by atoms with E-state index in [9.17, 15) is 4.21 Å². The SMILES string of the molecule is CCCS(=O)c1ccc(-c2ccc(Cl)nn2)cc1. The summed E-state index contributed by atoms with van der Waals surface area (Å²) in [6, 6.07) is 11.1. The van der Waals surface area contributed by atoms with Crippen LogP contribution in [0.4, 0.5) is 0 Å². The molecule has 0 amide bonds. The van der Waals surface area contributed by atoms with Gasteiger partial charge in [0.05, 0.1) is 16.5 Å². The van der Waals surface area contributed by atoms with Gasteiger partial charge in [0.1, 0.15) is 0 Å². The van der Waals surface area contributed by atoms with Crippen molar-refractivity contribution in [1.82, 2.24) is 10.2 Å². The predicted molar refractivity (Wildman–Crippen MR) is 74.0 cm³/mol. The van der Waals surface area contributed by atoms with Crippen LogP contribution in [0.25, 0.3) is 11.3 Å². The van der Waals surface area contributed by atoms with Gasteiger partial charge in [-0.05, 0) is 30.7 Å². The van der Waals surface area contributed by atoms with E-state index >= 15 is 0 Å². The van der Waals surface area contributed by atoms with Crippen molar-refractivity contribution in [3.8, 4) is 11.3 Å². The summed E-state index contributed by atoms with van der Waals surface area (Å²) in [4.78, 5) is 0.850. The molecule has 3 nitrogen and oxygen atoms in total. The Hall–Kier alpha value is -1.26. The smallest absolute Gasteiger partial charge is 0.151 e. The molecule has 2 aromatic rings. The molecule has 2 rings (SSSR count). The third-order valence-corrected chi connectivity index (χ3v) is 4.21. The lowest BCUT2D eigenvalue weighted by molar-refractivity contribution is 0.682. The van der Waals surface area contributed by atoms with Crippen molar-refractivity contribution in [2.45, 2.75) is 18.2 Å². The number of rotatable bonds is 4. The molecular formula is C13H13ClN2OS. The summed E-state index contributed by atoms with van der Waals surface area (Å²) >= 11 is 5.69. The fourth-order valence-corrected chi connectivity index (χ4v) is 2.70. The molecule has 0 radical (unpaired) electrons. The average molecular weight is 281 g/mol. The maximum Gasteiger partial charge on any atom is 0.151 e. The van der Waals surface area contributed by atoms with Crippen LogP contribution in [-0.2, 0) is 10.8 Å². The second-order valence-electron chi connectivity index (χ2n) is 3.82. The summed E-state index contributed by atoms with van der Waals surface area (Å²) < 4.78 is 11.8. The number of aromatic nitrogens is 2. The largest absolute Gasteiger partial charge is 0.254 e. The van der Waals surface area contributed by atoms with Crippen LogP contribution in [0.3, 0.4) is 0 Å². The summed E-state index contributed by atoms with van der Waals surface area (Å²) in [5.41, 5.74) is 1.70. The van der Waals surface area contributed by atoms with Gasteiger partial charge in [0.25, 0.3) is 0 Å². The summed E-state index contributed by atoms with van der Waals surface area (Å²) in [6.07, 6.45) is 0.914. The van der Waals surface area contributed by atoms with Crippen molar-refractivity contribution in [2.75, 3.05) is 5.75 Å². The molecule has 0 N–H and O–H groups in total. The van der Waals surface area contributed by atoms with E-state index in [0.717, 1.165) is 22.6 Å². The lowest BCUT2D eigenvalue weighted by Crippen LogP contribution is -1.96. The fourth-order valence-electron chi connectivity index (χ4n) is 1.55. The molecule has 0 spiro atoms. The Labute approximate surface area is 114 Å². The molecule has 1 unspecified atom stereocenters. The van der Waals surface area contributed by atoms with E-state index in [2.05, 4.69) is 10.2 Å². The van der Waals surface area contributed by atoms with Crippen LogP contribution in [-0.4, -0.2) is 20.2 Å². The Balaban J connectivity index is 2.22. The van der Waals surface area contributed by atoms with Gasteiger partial charge in [0.2, 0.25) is 0 Å². The van der Waals surface area contributed by atoms with Gasteiger partial charge in [0.15, 0.2) is 5.15 Å². The monoisotopic (exact) mass is 280 g/mol. The van der Waals surface area contributed by atoms with Gasteiger partial charge >= 0.3 is 0 Å². The van der Waals surface area contributed by atoms with Crippen LogP contribution in [0.2, 0.25) is 5.15 Å². The Morgan fingerprint density at radius 3 is 2.39 bits per heavy atom. The molecule has 0 saturated heterocycles. The topological polar surface area (TPSA) is 42.9 Å². The van der Waals surface area contributed by atoms with E-state index in [4.69, 9.17) is 11.6 Å². The highest BCUT2D eigenvalue weighted by Crippen LogP contribution is 2.19. The zero-order valence-corrected chi connectivity index (χ0v) is 11.5. The minimum absolute atomic E-state index is 0.374. The quantitative estimate of drug-likeness (QED) is 0.863. The van der Waals surface area contributed by atoms with Crippen LogP contribution >= 0.6 is 11.6 Å². The maximum absolute atomic E-state index is 11.8. The molecule has 1 aromatic carbocycles. The maximum atomic E-state index is 11.8. The number of halogens is 1. The molecule has 0 aliphatic heterocycles. The van der Waals surface area contributed by atoms with Crippen molar-refractivity contribution in [1.29, 1.82) is 0 Å². The van der Waals surface area contributed by atoms with Crippen molar-refractivity contribution >= 4 is 22.4 Å². The number of benzene rings is 1. The summed E-state index contributed by atoms with van der Waals surface area (Å²) in [5, 5.41) is 8.17. The van der Waals surface area contributed by atoms with Gasteiger partial charge in [0, 0.05) is 16.2 Å². The van der Waals surface area contributed by atoms with E-state index in [1.54, 1.807) is 6.07 Å². The van der Waals surface area contributed by atoms with Crippen LogP contribution < -0.4 is 0 Å². The molecule has 5 heteroatoms. The highest BCUT2D eigenvalue weighted by Gasteiger charge is 2.04. The van der Waals surface area contributed by atoms with Crippen molar-refractivity contribution in [3.05, 3.63) is 41.6 Å². The summed E-state index contributed by atoms with van der Waals surface area (Å²) in [6.45, 7) is 2.02. The van der Waals surface area contributed by atoms with Gasteiger partial charge < -0.3 is 0 Å². The van der Waals surface area contributed by atoms with Crippen molar-refractivity contribution < 1.29 is 4.21 Å². The first-order chi connectivity index (χ1) is 8.70. The van der Waals surface area contributed by atoms with Gasteiger partial charge in [-0.1, -0.05) is 30.7 Å². The zero-order valence-electron chi connectivity index (χ0n) is 9.97. The molecule has 0 aliphatic rings. The van der Waals surface area contributed by atoms with Crippen LogP contribution in [0, 0.1) is 0 Å². The third kappa shape index (κ3) is 3.15. The molecule has 18 heavy (non-hydrogen) atoms. The molecule has 0 aliphatic carbocycles. The van der Waals surface area contributed by atoms with E-state index in [1.807, 2.05) is 37.3 Å².